The molecule has 0 saturated carbocycles. The zero-order valence-corrected chi connectivity index (χ0v) is 11.0. The van der Waals surface area contributed by atoms with Gasteiger partial charge in [-0.3, -0.25) is 0 Å². The smallest absolute Gasteiger partial charge is 0.340 e. The van der Waals surface area contributed by atoms with Crippen LogP contribution in [0.5, 0.6) is 0 Å². The molecule has 0 aliphatic carbocycles. The molecule has 0 unspecified atom stereocenters. The molecule has 0 saturated heterocycles. The van der Waals surface area contributed by atoms with Crippen LogP contribution in [-0.4, -0.2) is 21.5 Å². The van der Waals surface area contributed by atoms with E-state index in [0.717, 1.165) is 5.39 Å². The maximum absolute atomic E-state index is 12.0. The zero-order chi connectivity index (χ0) is 13.3. The lowest BCUT2D eigenvalue weighted by Gasteiger charge is -2.20. The molecule has 2 aromatic rings. The van der Waals surface area contributed by atoms with Gasteiger partial charge in [-0.2, -0.15) is 0 Å². The van der Waals surface area contributed by atoms with Gasteiger partial charge in [0, 0.05) is 11.6 Å². The Labute approximate surface area is 106 Å². The molecule has 4 nitrogen and oxygen atoms in total. The number of rotatable bonds is 1. The Morgan fingerprint density at radius 2 is 2.06 bits per heavy atom. The van der Waals surface area contributed by atoms with Crippen LogP contribution in [0.1, 0.15) is 36.8 Å². The maximum atomic E-state index is 12.0. The van der Waals surface area contributed by atoms with Crippen LogP contribution in [0.25, 0.3) is 11.0 Å². The van der Waals surface area contributed by atoms with Crippen molar-refractivity contribution in [1.82, 2.24) is 9.97 Å². The molecule has 0 bridgehead atoms. The summed E-state index contributed by atoms with van der Waals surface area (Å²) >= 11 is 0. The highest BCUT2D eigenvalue weighted by Crippen LogP contribution is 2.18. The van der Waals surface area contributed by atoms with Gasteiger partial charge in [-0.1, -0.05) is 0 Å². The minimum atomic E-state index is -0.507. The number of pyridine rings is 2. The number of hydrogen-bond donors (Lipinski definition) is 0. The second-order valence-corrected chi connectivity index (χ2v) is 5.17. The molecule has 18 heavy (non-hydrogen) atoms. The number of aromatic nitrogens is 2. The predicted molar refractivity (Wildman–Crippen MR) is 69.4 cm³/mol. The number of ether oxygens (including phenoxy) is 1. The molecule has 2 heterocycles. The van der Waals surface area contributed by atoms with Crippen molar-refractivity contribution >= 4 is 17.0 Å². The van der Waals surface area contributed by atoms with E-state index in [1.54, 1.807) is 19.2 Å². The third-order valence-corrected chi connectivity index (χ3v) is 2.40. The SMILES string of the molecule is Cc1nc2ncccc2cc1C(=O)OC(C)(C)C. The van der Waals surface area contributed by atoms with Gasteiger partial charge in [-0.05, 0) is 45.9 Å². The monoisotopic (exact) mass is 244 g/mol. The molecule has 94 valence electrons. The lowest BCUT2D eigenvalue weighted by Crippen LogP contribution is -2.24. The second-order valence-electron chi connectivity index (χ2n) is 5.17. The number of carbonyl (C=O) groups excluding carboxylic acids is 1. The van der Waals surface area contributed by atoms with Gasteiger partial charge < -0.3 is 4.74 Å². The fourth-order valence-electron chi connectivity index (χ4n) is 1.63. The van der Waals surface area contributed by atoms with Gasteiger partial charge in [0.1, 0.15) is 5.60 Å². The summed E-state index contributed by atoms with van der Waals surface area (Å²) in [6.45, 7) is 7.32. The lowest BCUT2D eigenvalue weighted by atomic mass is 10.1. The van der Waals surface area contributed by atoms with Crippen LogP contribution in [0.3, 0.4) is 0 Å². The van der Waals surface area contributed by atoms with Crippen LogP contribution >= 0.6 is 0 Å². The molecular formula is C14H16N2O2. The van der Waals surface area contributed by atoms with Gasteiger partial charge >= 0.3 is 5.97 Å². The van der Waals surface area contributed by atoms with E-state index >= 15 is 0 Å². The van der Waals surface area contributed by atoms with Crippen molar-refractivity contribution in [3.8, 4) is 0 Å². The van der Waals surface area contributed by atoms with E-state index in [4.69, 9.17) is 4.74 Å². The Bertz CT molecular complexity index is 600. The van der Waals surface area contributed by atoms with Gasteiger partial charge in [-0.25, -0.2) is 14.8 Å². The van der Waals surface area contributed by atoms with Crippen LogP contribution in [0.15, 0.2) is 24.4 Å². The maximum Gasteiger partial charge on any atom is 0.340 e. The Kier molecular flexibility index (Phi) is 3.03. The van der Waals surface area contributed by atoms with E-state index in [1.807, 2.05) is 32.9 Å². The Hall–Kier alpha value is -1.97. The Balaban J connectivity index is 2.45. The van der Waals surface area contributed by atoms with Crippen LogP contribution in [-0.2, 0) is 4.74 Å². The Morgan fingerprint density at radius 1 is 1.33 bits per heavy atom. The van der Waals surface area contributed by atoms with E-state index in [9.17, 15) is 4.79 Å². The first-order valence-electron chi connectivity index (χ1n) is 5.82. The van der Waals surface area contributed by atoms with Gasteiger partial charge in [0.2, 0.25) is 0 Å². The molecule has 2 aromatic heterocycles. The summed E-state index contributed by atoms with van der Waals surface area (Å²) in [5.74, 6) is -0.349. The molecule has 0 spiro atoms. The number of carbonyl (C=O) groups is 1. The summed E-state index contributed by atoms with van der Waals surface area (Å²) in [6.07, 6.45) is 1.68. The highest BCUT2D eigenvalue weighted by atomic mass is 16.6. The van der Waals surface area contributed by atoms with Gasteiger partial charge in [0.15, 0.2) is 5.65 Å². The van der Waals surface area contributed by atoms with E-state index < -0.39 is 5.60 Å². The number of nitrogens with zero attached hydrogens (tertiary/aromatic N) is 2. The van der Waals surface area contributed by atoms with Crippen LogP contribution in [0.4, 0.5) is 0 Å². The predicted octanol–water partition coefficient (Wildman–Crippen LogP) is 2.89. The third kappa shape index (κ3) is 2.64. The third-order valence-electron chi connectivity index (χ3n) is 2.40. The van der Waals surface area contributed by atoms with E-state index in [0.29, 0.717) is 16.9 Å². The van der Waals surface area contributed by atoms with Crippen LogP contribution in [0, 0.1) is 6.92 Å². The lowest BCUT2D eigenvalue weighted by molar-refractivity contribution is 0.00685. The normalized spacial score (nSPS) is 11.6. The molecule has 4 heteroatoms. The number of esters is 1. The minimum absolute atomic E-state index is 0.349. The van der Waals surface area contributed by atoms with Crippen molar-refractivity contribution in [3.05, 3.63) is 35.7 Å². The highest BCUT2D eigenvalue weighted by molar-refractivity contribution is 5.94. The Morgan fingerprint density at radius 3 is 2.72 bits per heavy atom. The number of fused-ring (bicyclic) bond motifs is 1. The average molecular weight is 244 g/mol. The standard InChI is InChI=1S/C14H16N2O2/c1-9-11(13(17)18-14(2,3)4)8-10-6-5-7-15-12(10)16-9/h5-8H,1-4H3. The zero-order valence-electron chi connectivity index (χ0n) is 11.0. The molecule has 0 atom stereocenters. The summed E-state index contributed by atoms with van der Waals surface area (Å²) in [5.41, 5.74) is 1.26. The van der Waals surface area contributed by atoms with Gasteiger partial charge in [0.25, 0.3) is 0 Å². The molecule has 0 aromatic carbocycles. The topological polar surface area (TPSA) is 52.1 Å². The molecule has 0 aliphatic heterocycles. The molecule has 2 rings (SSSR count). The van der Waals surface area contributed by atoms with Crippen LogP contribution in [0.2, 0.25) is 0 Å². The van der Waals surface area contributed by atoms with E-state index in [-0.39, 0.29) is 5.97 Å². The highest BCUT2D eigenvalue weighted by Gasteiger charge is 2.20. The molecule has 0 fully saturated rings. The summed E-state index contributed by atoms with van der Waals surface area (Å²) < 4.78 is 5.35. The fourth-order valence-corrected chi connectivity index (χ4v) is 1.63. The van der Waals surface area contributed by atoms with E-state index in [1.165, 1.54) is 0 Å². The van der Waals surface area contributed by atoms with Gasteiger partial charge in [-0.15, -0.1) is 0 Å². The summed E-state index contributed by atoms with van der Waals surface area (Å²) in [4.78, 5) is 20.5. The number of aryl methyl sites for hydroxylation is 1. The fraction of sp³-hybridized carbons (Fsp3) is 0.357. The molecule has 0 N–H and O–H groups in total. The first-order chi connectivity index (χ1) is 8.37. The van der Waals surface area contributed by atoms with Crippen molar-refractivity contribution in [1.29, 1.82) is 0 Å². The molecule has 0 radical (unpaired) electrons. The van der Waals surface area contributed by atoms with Crippen molar-refractivity contribution in [2.45, 2.75) is 33.3 Å². The molecule has 0 aliphatic rings. The quantitative estimate of drug-likeness (QED) is 0.724. The largest absolute Gasteiger partial charge is 0.456 e. The van der Waals surface area contributed by atoms with Crippen molar-refractivity contribution < 1.29 is 9.53 Å². The summed E-state index contributed by atoms with van der Waals surface area (Å²) in [7, 11) is 0. The second kappa shape index (κ2) is 4.37. The number of hydrogen-bond acceptors (Lipinski definition) is 4. The van der Waals surface area contributed by atoms with E-state index in [2.05, 4.69) is 9.97 Å². The average Bonchev–Trinajstić information content (AvgIpc) is 2.25. The molecule has 0 amide bonds. The van der Waals surface area contributed by atoms with Crippen molar-refractivity contribution in [2.24, 2.45) is 0 Å². The minimum Gasteiger partial charge on any atom is -0.456 e. The summed E-state index contributed by atoms with van der Waals surface area (Å²) in [5, 5.41) is 0.837. The molecular weight excluding hydrogens is 228 g/mol. The van der Waals surface area contributed by atoms with Crippen molar-refractivity contribution in [3.63, 3.8) is 0 Å². The van der Waals surface area contributed by atoms with Gasteiger partial charge in [0.05, 0.1) is 11.3 Å². The summed E-state index contributed by atoms with van der Waals surface area (Å²) in [6, 6.07) is 5.47. The van der Waals surface area contributed by atoms with Crippen molar-refractivity contribution in [2.75, 3.05) is 0 Å². The van der Waals surface area contributed by atoms with Crippen LogP contribution < -0.4 is 0 Å². The first-order valence-corrected chi connectivity index (χ1v) is 5.82. The first kappa shape index (κ1) is 12.5.